The molecule has 3 heteroatoms. The lowest BCUT2D eigenvalue weighted by molar-refractivity contribution is 0.0946. The number of piperidine rings is 2. The molecule has 2 heterocycles. The third kappa shape index (κ3) is 5.63. The van der Waals surface area contributed by atoms with Gasteiger partial charge in [0.25, 0.3) is 0 Å². The maximum atomic E-state index is 4.23. The summed E-state index contributed by atoms with van der Waals surface area (Å²) in [5.74, 6) is 0. The topological polar surface area (TPSA) is 18.5 Å². The number of likely N-dealkylation sites (tertiary alicyclic amines) is 2. The molecule has 2 aliphatic rings. The highest BCUT2D eigenvalue weighted by Gasteiger charge is 2.27. The molecule has 0 bridgehead atoms. The highest BCUT2D eigenvalue weighted by molar-refractivity contribution is 4.97. The van der Waals surface area contributed by atoms with E-state index in [2.05, 4.69) is 35.7 Å². The number of allylic oxidation sites excluding steroid dienone is 1. The van der Waals surface area contributed by atoms with Crippen molar-refractivity contribution in [2.75, 3.05) is 33.2 Å². The monoisotopic (exact) mass is 295 g/mol. The summed E-state index contributed by atoms with van der Waals surface area (Å²) >= 11 is 0. The summed E-state index contributed by atoms with van der Waals surface area (Å²) in [6.07, 6.45) is 7.67. The van der Waals surface area contributed by atoms with Crippen molar-refractivity contribution in [1.82, 2.24) is 15.1 Å². The van der Waals surface area contributed by atoms with Gasteiger partial charge in [0.05, 0.1) is 0 Å². The normalized spacial score (nSPS) is 21.8. The molecule has 0 amide bonds. The molecule has 0 radical (unpaired) electrons. The summed E-state index contributed by atoms with van der Waals surface area (Å²) in [5, 5.41) is 3.42. The molecule has 2 aliphatic heterocycles. The van der Waals surface area contributed by atoms with Crippen LogP contribution in [-0.2, 0) is 0 Å². The predicted octanol–water partition coefficient (Wildman–Crippen LogP) is 3.47. The zero-order valence-electron chi connectivity index (χ0n) is 14.8. The molecular formula is C18H37N3. The SMILES string of the molecule is C=C(CCC)N1CCC(N2CCC(NC)CC2)CC1.CC. The van der Waals surface area contributed by atoms with Crippen LogP contribution in [0.2, 0.25) is 0 Å². The molecule has 2 rings (SSSR count). The molecule has 2 saturated heterocycles. The van der Waals surface area contributed by atoms with Gasteiger partial charge >= 0.3 is 0 Å². The number of nitrogens with one attached hydrogen (secondary N) is 1. The Kier molecular flexibility index (Phi) is 9.02. The van der Waals surface area contributed by atoms with Crippen molar-refractivity contribution in [2.24, 2.45) is 0 Å². The van der Waals surface area contributed by atoms with Gasteiger partial charge in [-0.25, -0.2) is 0 Å². The van der Waals surface area contributed by atoms with Crippen LogP contribution in [-0.4, -0.2) is 55.1 Å². The lowest BCUT2D eigenvalue weighted by Crippen LogP contribution is -2.49. The Morgan fingerprint density at radius 2 is 1.62 bits per heavy atom. The highest BCUT2D eigenvalue weighted by Crippen LogP contribution is 2.23. The van der Waals surface area contributed by atoms with E-state index in [1.54, 1.807) is 0 Å². The minimum absolute atomic E-state index is 0.751. The van der Waals surface area contributed by atoms with Crippen LogP contribution in [0.1, 0.15) is 59.3 Å². The number of hydrogen-bond acceptors (Lipinski definition) is 3. The summed E-state index contributed by atoms with van der Waals surface area (Å²) in [7, 11) is 2.10. The first-order valence-corrected chi connectivity index (χ1v) is 9.08. The van der Waals surface area contributed by atoms with E-state index in [1.807, 2.05) is 13.8 Å². The van der Waals surface area contributed by atoms with Gasteiger partial charge in [-0.15, -0.1) is 0 Å². The Morgan fingerprint density at radius 1 is 1.05 bits per heavy atom. The van der Waals surface area contributed by atoms with Crippen molar-refractivity contribution in [2.45, 2.75) is 71.4 Å². The molecule has 0 aliphatic carbocycles. The molecule has 0 aromatic carbocycles. The Bertz CT molecular complexity index is 274. The third-order valence-corrected chi connectivity index (χ3v) is 4.90. The Labute approximate surface area is 132 Å². The zero-order valence-corrected chi connectivity index (χ0v) is 14.8. The van der Waals surface area contributed by atoms with Gasteiger partial charge in [-0.05, 0) is 52.2 Å². The van der Waals surface area contributed by atoms with E-state index in [4.69, 9.17) is 0 Å². The van der Waals surface area contributed by atoms with Gasteiger partial charge in [-0.3, -0.25) is 0 Å². The molecule has 1 N–H and O–H groups in total. The van der Waals surface area contributed by atoms with Crippen LogP contribution in [0.4, 0.5) is 0 Å². The molecule has 0 atom stereocenters. The van der Waals surface area contributed by atoms with Gasteiger partial charge in [0.15, 0.2) is 0 Å². The van der Waals surface area contributed by atoms with Gasteiger partial charge in [-0.1, -0.05) is 33.8 Å². The van der Waals surface area contributed by atoms with Crippen LogP contribution in [0.15, 0.2) is 12.3 Å². The van der Waals surface area contributed by atoms with Gasteiger partial charge in [0, 0.05) is 30.9 Å². The van der Waals surface area contributed by atoms with E-state index in [9.17, 15) is 0 Å². The van der Waals surface area contributed by atoms with Gasteiger partial charge in [0.2, 0.25) is 0 Å². The zero-order chi connectivity index (χ0) is 15.7. The molecule has 21 heavy (non-hydrogen) atoms. The highest BCUT2D eigenvalue weighted by atomic mass is 15.2. The molecule has 3 nitrogen and oxygen atoms in total. The maximum absolute atomic E-state index is 4.23. The molecule has 0 aromatic heterocycles. The minimum Gasteiger partial charge on any atom is -0.375 e. The first-order valence-electron chi connectivity index (χ1n) is 9.08. The molecule has 124 valence electrons. The van der Waals surface area contributed by atoms with Crippen molar-refractivity contribution >= 4 is 0 Å². The van der Waals surface area contributed by atoms with Crippen LogP contribution in [0.5, 0.6) is 0 Å². The van der Waals surface area contributed by atoms with E-state index in [0.29, 0.717) is 0 Å². The largest absolute Gasteiger partial charge is 0.375 e. The summed E-state index contributed by atoms with van der Waals surface area (Å²) < 4.78 is 0. The number of hydrogen-bond donors (Lipinski definition) is 1. The molecular weight excluding hydrogens is 258 g/mol. The Morgan fingerprint density at radius 3 is 2.10 bits per heavy atom. The first-order chi connectivity index (χ1) is 10.2. The quantitative estimate of drug-likeness (QED) is 0.838. The van der Waals surface area contributed by atoms with E-state index in [-0.39, 0.29) is 0 Å². The lowest BCUT2D eigenvalue weighted by atomic mass is 9.97. The molecule has 0 aromatic rings. The summed E-state index contributed by atoms with van der Waals surface area (Å²) in [5.41, 5.74) is 1.36. The fourth-order valence-corrected chi connectivity index (χ4v) is 3.55. The molecule has 0 unspecified atom stereocenters. The second-order valence-corrected chi connectivity index (χ2v) is 6.13. The molecule has 0 saturated carbocycles. The maximum Gasteiger partial charge on any atom is 0.0189 e. The van der Waals surface area contributed by atoms with Crippen LogP contribution >= 0.6 is 0 Å². The van der Waals surface area contributed by atoms with Crippen LogP contribution in [0, 0.1) is 0 Å². The minimum atomic E-state index is 0.751. The second-order valence-electron chi connectivity index (χ2n) is 6.13. The van der Waals surface area contributed by atoms with Gasteiger partial charge < -0.3 is 15.1 Å². The van der Waals surface area contributed by atoms with Crippen molar-refractivity contribution in [3.8, 4) is 0 Å². The van der Waals surface area contributed by atoms with Crippen LogP contribution in [0.25, 0.3) is 0 Å². The van der Waals surface area contributed by atoms with Gasteiger partial charge in [-0.2, -0.15) is 0 Å². The summed E-state index contributed by atoms with van der Waals surface area (Å²) in [6.45, 7) is 15.5. The smallest absolute Gasteiger partial charge is 0.0189 e. The van der Waals surface area contributed by atoms with Crippen LogP contribution < -0.4 is 5.32 Å². The average molecular weight is 296 g/mol. The van der Waals surface area contributed by atoms with E-state index >= 15 is 0 Å². The standard InChI is InChI=1S/C16H31N3.C2H6/c1-4-5-14(2)18-12-8-16(9-13-18)19-10-6-15(17-3)7-11-19;1-2/h15-17H,2,4-13H2,1,3H3;1-2H3. The van der Waals surface area contributed by atoms with Crippen molar-refractivity contribution in [1.29, 1.82) is 0 Å². The molecule has 2 fully saturated rings. The number of nitrogens with zero attached hydrogens (tertiary/aromatic N) is 2. The third-order valence-electron chi connectivity index (χ3n) is 4.90. The van der Waals surface area contributed by atoms with Crippen molar-refractivity contribution in [3.05, 3.63) is 12.3 Å². The van der Waals surface area contributed by atoms with E-state index < -0.39 is 0 Å². The Hall–Kier alpha value is -0.540. The molecule has 0 spiro atoms. The Balaban J connectivity index is 0.00000106. The van der Waals surface area contributed by atoms with E-state index in [0.717, 1.165) is 18.5 Å². The average Bonchev–Trinajstić information content (AvgIpc) is 2.57. The van der Waals surface area contributed by atoms with Crippen molar-refractivity contribution < 1.29 is 0 Å². The van der Waals surface area contributed by atoms with Crippen molar-refractivity contribution in [3.63, 3.8) is 0 Å². The number of rotatable bonds is 5. The van der Waals surface area contributed by atoms with Gasteiger partial charge in [0.1, 0.15) is 0 Å². The fourth-order valence-electron chi connectivity index (χ4n) is 3.55. The second kappa shape index (κ2) is 10.2. The summed E-state index contributed by atoms with van der Waals surface area (Å²) in [4.78, 5) is 5.24. The summed E-state index contributed by atoms with van der Waals surface area (Å²) in [6, 6.07) is 1.57. The van der Waals surface area contributed by atoms with E-state index in [1.165, 1.54) is 64.0 Å². The fraction of sp³-hybridized carbons (Fsp3) is 0.889. The first kappa shape index (κ1) is 18.5. The van der Waals surface area contributed by atoms with Crippen LogP contribution in [0.3, 0.4) is 0 Å². The lowest BCUT2D eigenvalue weighted by Gasteiger charge is -2.42. The predicted molar refractivity (Wildman–Crippen MR) is 93.6 cm³/mol.